The molecule has 2 saturated heterocycles. The van der Waals surface area contributed by atoms with Crippen molar-refractivity contribution in [1.29, 1.82) is 0 Å². The molecule has 4 heterocycles. The van der Waals surface area contributed by atoms with Gasteiger partial charge in [0.2, 0.25) is 9.84 Å². The molecular weight excluding hydrogens is 472 g/mol. The summed E-state index contributed by atoms with van der Waals surface area (Å²) in [5.74, 6) is 0.606. The van der Waals surface area contributed by atoms with Gasteiger partial charge in [0.25, 0.3) is 0 Å². The smallest absolute Gasteiger partial charge is 0.203 e. The zero-order valence-corrected chi connectivity index (χ0v) is 21.7. The molecule has 190 valence electrons. The highest BCUT2D eigenvalue weighted by molar-refractivity contribution is 7.91. The van der Waals surface area contributed by atoms with Crippen molar-refractivity contribution in [3.05, 3.63) is 61.3 Å². The number of aromatic nitrogens is 1. The Balaban J connectivity index is 1.33. The second-order valence-corrected chi connectivity index (χ2v) is 12.2. The molecule has 3 aliphatic rings. The van der Waals surface area contributed by atoms with Crippen molar-refractivity contribution in [2.45, 2.75) is 35.6 Å². The second-order valence-electron chi connectivity index (χ2n) is 10.2. The van der Waals surface area contributed by atoms with Crippen LogP contribution in [-0.4, -0.2) is 70.3 Å². The van der Waals surface area contributed by atoms with Crippen LogP contribution in [0.3, 0.4) is 0 Å². The number of anilines is 2. The van der Waals surface area contributed by atoms with Crippen molar-refractivity contribution < 1.29 is 13.2 Å². The number of ether oxygens (including phenoxy) is 1. The second kappa shape index (κ2) is 9.16. The van der Waals surface area contributed by atoms with E-state index in [2.05, 4.69) is 39.5 Å². The maximum absolute atomic E-state index is 13.8. The third-order valence-corrected chi connectivity index (χ3v) is 10.0. The van der Waals surface area contributed by atoms with E-state index in [1.807, 2.05) is 29.9 Å². The molecule has 1 aromatic heterocycles. The fraction of sp³-hybridized carbons (Fsp3) is 0.429. The summed E-state index contributed by atoms with van der Waals surface area (Å²) in [6.07, 6.45) is 7.25. The molecule has 8 heteroatoms. The van der Waals surface area contributed by atoms with Crippen LogP contribution in [0.5, 0.6) is 5.75 Å². The van der Waals surface area contributed by atoms with Gasteiger partial charge in [0.1, 0.15) is 12.4 Å². The summed E-state index contributed by atoms with van der Waals surface area (Å²) in [5, 5.41) is 0.104. The number of hydrogen-bond acceptors (Lipinski definition) is 6. The molecule has 0 saturated carbocycles. The molecule has 0 radical (unpaired) electrons. The summed E-state index contributed by atoms with van der Waals surface area (Å²) < 4.78 is 35.3. The average molecular weight is 507 g/mol. The van der Waals surface area contributed by atoms with Crippen LogP contribution >= 0.6 is 0 Å². The van der Waals surface area contributed by atoms with Gasteiger partial charge in [0, 0.05) is 50.7 Å². The Hall–Kier alpha value is -2.97. The van der Waals surface area contributed by atoms with E-state index in [4.69, 9.17) is 4.74 Å². The minimum Gasteiger partial charge on any atom is -0.490 e. The van der Waals surface area contributed by atoms with Gasteiger partial charge in [-0.25, -0.2) is 8.42 Å². The van der Waals surface area contributed by atoms with Crippen LogP contribution in [0.15, 0.2) is 66.2 Å². The molecule has 2 atom stereocenters. The number of sulfone groups is 1. The van der Waals surface area contributed by atoms with Gasteiger partial charge in [0.05, 0.1) is 22.6 Å². The van der Waals surface area contributed by atoms with Crippen LogP contribution in [0.4, 0.5) is 11.4 Å². The zero-order chi connectivity index (χ0) is 24.9. The first-order valence-electron chi connectivity index (χ1n) is 12.9. The minimum absolute atomic E-state index is 0.243. The minimum atomic E-state index is -3.74. The zero-order valence-electron chi connectivity index (χ0n) is 20.8. The lowest BCUT2D eigenvalue weighted by molar-refractivity contribution is 0.133. The number of nitrogens with zero attached hydrogens (tertiary/aromatic N) is 4. The van der Waals surface area contributed by atoms with E-state index in [1.54, 1.807) is 12.1 Å². The van der Waals surface area contributed by atoms with Crippen LogP contribution in [0.2, 0.25) is 0 Å². The fourth-order valence-electron chi connectivity index (χ4n) is 5.99. The van der Waals surface area contributed by atoms with Gasteiger partial charge >= 0.3 is 0 Å². The highest BCUT2D eigenvalue weighted by Crippen LogP contribution is 2.37. The molecule has 0 bridgehead atoms. The van der Waals surface area contributed by atoms with E-state index in [1.165, 1.54) is 31.9 Å². The van der Waals surface area contributed by atoms with Gasteiger partial charge in [0.15, 0.2) is 5.37 Å². The molecular formula is C28H34N4O3S. The van der Waals surface area contributed by atoms with Gasteiger partial charge in [-0.05, 0) is 55.1 Å². The number of rotatable bonds is 5. The first-order valence-corrected chi connectivity index (χ1v) is 14.4. The average Bonchev–Trinajstić information content (AvgIpc) is 3.31. The Bertz CT molecular complexity index is 1400. The molecule has 0 amide bonds. The molecule has 2 fully saturated rings. The third-order valence-electron chi connectivity index (χ3n) is 8.06. The topological polar surface area (TPSA) is 58.0 Å². The van der Waals surface area contributed by atoms with E-state index < -0.39 is 15.2 Å². The number of piperidine rings is 1. The van der Waals surface area contributed by atoms with Crippen LogP contribution in [0, 0.1) is 0 Å². The van der Waals surface area contributed by atoms with Crippen LogP contribution in [0.1, 0.15) is 24.6 Å². The highest BCUT2D eigenvalue weighted by atomic mass is 32.2. The SMILES string of the molecule is C=CC(n1ccc2ccc(N3CCN4CCCCC4C3)cc21)S(=O)(=O)c1ccc2c(c1)OCCN2C. The van der Waals surface area contributed by atoms with Crippen molar-refractivity contribution in [3.63, 3.8) is 0 Å². The summed E-state index contributed by atoms with van der Waals surface area (Å²) in [4.78, 5) is 7.40. The standard InChI is InChI=1S/C28H34N4O3S/c1-3-28(36(33,34)24-9-10-25-27(19-24)35-17-16-29(25)2)32-13-11-21-7-8-22(18-26(21)32)31-15-14-30-12-5-4-6-23(30)20-31/h3,7-11,13,18-19,23,28H,1,4-6,12,14-17,20H2,2H3. The van der Waals surface area contributed by atoms with E-state index in [0.29, 0.717) is 18.4 Å². The van der Waals surface area contributed by atoms with E-state index in [0.717, 1.165) is 48.5 Å². The molecule has 2 aromatic carbocycles. The van der Waals surface area contributed by atoms with Gasteiger partial charge < -0.3 is 19.1 Å². The summed E-state index contributed by atoms with van der Waals surface area (Å²) in [7, 11) is -1.76. The van der Waals surface area contributed by atoms with E-state index in [9.17, 15) is 8.42 Å². The Labute approximate surface area is 213 Å². The maximum Gasteiger partial charge on any atom is 0.203 e. The Kier molecular flexibility index (Phi) is 5.96. The Morgan fingerprint density at radius 3 is 2.81 bits per heavy atom. The number of fused-ring (bicyclic) bond motifs is 3. The van der Waals surface area contributed by atoms with Gasteiger partial charge in [-0.3, -0.25) is 4.90 Å². The lowest BCUT2D eigenvalue weighted by Crippen LogP contribution is -2.54. The van der Waals surface area contributed by atoms with Crippen molar-refractivity contribution in [3.8, 4) is 5.75 Å². The summed E-state index contributed by atoms with van der Waals surface area (Å²) in [5.41, 5.74) is 2.96. The molecule has 0 N–H and O–H groups in total. The molecule has 6 rings (SSSR count). The monoisotopic (exact) mass is 506 g/mol. The molecule has 0 spiro atoms. The van der Waals surface area contributed by atoms with Crippen LogP contribution in [0.25, 0.3) is 10.9 Å². The predicted molar refractivity (Wildman–Crippen MR) is 145 cm³/mol. The number of likely N-dealkylation sites (N-methyl/N-ethyl adjacent to an activating group) is 1. The van der Waals surface area contributed by atoms with Gasteiger partial charge in [-0.15, -0.1) is 0 Å². The molecule has 0 aliphatic carbocycles. The quantitative estimate of drug-likeness (QED) is 0.481. The lowest BCUT2D eigenvalue weighted by Gasteiger charge is -2.45. The number of piperazine rings is 1. The van der Waals surface area contributed by atoms with Gasteiger partial charge in [-0.2, -0.15) is 0 Å². The Morgan fingerprint density at radius 2 is 1.94 bits per heavy atom. The van der Waals surface area contributed by atoms with Crippen molar-refractivity contribution in [2.24, 2.45) is 0 Å². The fourth-order valence-corrected chi connectivity index (χ4v) is 7.54. The summed E-state index contributed by atoms with van der Waals surface area (Å²) in [6.45, 7) is 9.56. The van der Waals surface area contributed by atoms with E-state index >= 15 is 0 Å². The number of benzene rings is 2. The summed E-state index contributed by atoms with van der Waals surface area (Å²) in [6, 6.07) is 14.2. The maximum atomic E-state index is 13.8. The highest BCUT2D eigenvalue weighted by Gasteiger charge is 2.31. The van der Waals surface area contributed by atoms with Crippen molar-refractivity contribution in [2.75, 3.05) is 56.2 Å². The van der Waals surface area contributed by atoms with Crippen LogP contribution in [-0.2, 0) is 9.84 Å². The van der Waals surface area contributed by atoms with E-state index in [-0.39, 0.29) is 4.90 Å². The third kappa shape index (κ3) is 3.96. The number of hydrogen-bond donors (Lipinski definition) is 0. The predicted octanol–water partition coefficient (Wildman–Crippen LogP) is 4.30. The normalized spacial score (nSPS) is 21.5. The van der Waals surface area contributed by atoms with Crippen molar-refractivity contribution in [1.82, 2.24) is 9.47 Å². The lowest BCUT2D eigenvalue weighted by atomic mass is 9.99. The Morgan fingerprint density at radius 1 is 1.06 bits per heavy atom. The molecule has 7 nitrogen and oxygen atoms in total. The molecule has 36 heavy (non-hydrogen) atoms. The molecule has 3 aromatic rings. The first-order chi connectivity index (χ1) is 17.5. The first kappa shape index (κ1) is 23.4. The summed E-state index contributed by atoms with van der Waals surface area (Å²) >= 11 is 0. The molecule has 2 unspecified atom stereocenters. The van der Waals surface area contributed by atoms with Crippen LogP contribution < -0.4 is 14.5 Å². The largest absolute Gasteiger partial charge is 0.490 e. The van der Waals surface area contributed by atoms with Gasteiger partial charge in [-0.1, -0.05) is 25.1 Å². The molecule has 3 aliphatic heterocycles. The van der Waals surface area contributed by atoms with Crippen molar-refractivity contribution >= 4 is 32.1 Å².